The van der Waals surface area contributed by atoms with Gasteiger partial charge in [-0.1, -0.05) is 187 Å². The van der Waals surface area contributed by atoms with E-state index in [9.17, 15) is 0 Å². The summed E-state index contributed by atoms with van der Waals surface area (Å²) >= 11 is 0. The fourth-order valence-corrected chi connectivity index (χ4v) is 9.64. The van der Waals surface area contributed by atoms with E-state index in [0.29, 0.717) is 0 Å². The molecular weight excluding hydrogens is 711 g/mol. The summed E-state index contributed by atoms with van der Waals surface area (Å²) in [5.41, 5.74) is 21.0. The molecule has 9 aromatic carbocycles. The SMILES string of the molecule is Cc1cc(-c2cc(-c3ccccc3)ccc2Nc2cccc(-c3ccccc3)c2)c2c(c1)N1c3ccccc3C(c3ccccc3)(c3ccccc3)c3cccc(c31)[B]2. The van der Waals surface area contributed by atoms with Crippen molar-refractivity contribution in [3.8, 4) is 33.4 Å². The molecule has 0 bridgehead atoms. The summed E-state index contributed by atoms with van der Waals surface area (Å²) in [7, 11) is 2.43. The lowest BCUT2D eigenvalue weighted by Crippen LogP contribution is -2.47. The minimum absolute atomic E-state index is 0.519. The molecule has 0 fully saturated rings. The predicted octanol–water partition coefficient (Wildman–Crippen LogP) is 12.9. The molecule has 0 atom stereocenters. The molecule has 1 radical (unpaired) electrons. The van der Waals surface area contributed by atoms with Crippen LogP contribution in [0.1, 0.15) is 27.8 Å². The maximum Gasteiger partial charge on any atom is 0.197 e. The Morgan fingerprint density at radius 3 is 1.71 bits per heavy atom. The van der Waals surface area contributed by atoms with Crippen molar-refractivity contribution in [2.45, 2.75) is 12.3 Å². The Balaban J connectivity index is 1.13. The third-order valence-electron chi connectivity index (χ3n) is 12.2. The number of rotatable bonds is 7. The number of hydrogen-bond acceptors (Lipinski definition) is 2. The van der Waals surface area contributed by atoms with E-state index in [-0.39, 0.29) is 0 Å². The summed E-state index contributed by atoms with van der Waals surface area (Å²) in [6, 6.07) is 79.7. The lowest BCUT2D eigenvalue weighted by atomic mass is 9.54. The van der Waals surface area contributed by atoms with Crippen LogP contribution in [0.2, 0.25) is 0 Å². The number of anilines is 5. The number of benzene rings is 9. The van der Waals surface area contributed by atoms with E-state index in [0.717, 1.165) is 16.9 Å². The zero-order valence-electron chi connectivity index (χ0n) is 32.8. The molecular formula is C56H40BN2. The number of nitrogens with one attached hydrogen (secondary N) is 1. The second-order valence-electron chi connectivity index (χ2n) is 15.7. The van der Waals surface area contributed by atoms with Crippen LogP contribution in [-0.4, -0.2) is 7.28 Å². The molecule has 9 aromatic rings. The van der Waals surface area contributed by atoms with Gasteiger partial charge < -0.3 is 10.2 Å². The normalized spacial score (nSPS) is 13.1. The van der Waals surface area contributed by atoms with Gasteiger partial charge in [0.1, 0.15) is 0 Å². The molecule has 1 N–H and O–H groups in total. The van der Waals surface area contributed by atoms with Gasteiger partial charge in [0.2, 0.25) is 0 Å². The summed E-state index contributed by atoms with van der Waals surface area (Å²) < 4.78 is 0. The number of para-hydroxylation sites is 2. The minimum Gasteiger partial charge on any atom is -0.355 e. The number of aryl methyl sites for hydroxylation is 1. The van der Waals surface area contributed by atoms with Crippen molar-refractivity contribution in [2.24, 2.45) is 0 Å². The van der Waals surface area contributed by atoms with Gasteiger partial charge in [0.25, 0.3) is 0 Å². The van der Waals surface area contributed by atoms with E-state index < -0.39 is 5.41 Å². The highest BCUT2D eigenvalue weighted by Crippen LogP contribution is 2.57. The van der Waals surface area contributed by atoms with Gasteiger partial charge in [-0.15, -0.1) is 0 Å². The van der Waals surface area contributed by atoms with Gasteiger partial charge in [0.05, 0.1) is 11.1 Å². The predicted molar refractivity (Wildman–Crippen MR) is 249 cm³/mol. The van der Waals surface area contributed by atoms with Gasteiger partial charge in [0, 0.05) is 28.3 Å². The van der Waals surface area contributed by atoms with Crippen molar-refractivity contribution in [1.82, 2.24) is 0 Å². The number of nitrogens with zero attached hydrogens (tertiary/aromatic N) is 1. The van der Waals surface area contributed by atoms with Crippen LogP contribution >= 0.6 is 0 Å². The van der Waals surface area contributed by atoms with Crippen LogP contribution < -0.4 is 21.1 Å². The van der Waals surface area contributed by atoms with Crippen LogP contribution in [0.4, 0.5) is 28.4 Å². The first-order valence-corrected chi connectivity index (χ1v) is 20.4. The molecule has 3 heteroatoms. The average Bonchev–Trinajstić information content (AvgIpc) is 3.30. The van der Waals surface area contributed by atoms with Crippen LogP contribution in [0.3, 0.4) is 0 Å². The Hall–Kier alpha value is -7.36. The number of fused-ring (bicyclic) bond motifs is 4. The molecule has 59 heavy (non-hydrogen) atoms. The fraction of sp³-hybridized carbons (Fsp3) is 0.0357. The quantitative estimate of drug-likeness (QED) is 0.163. The van der Waals surface area contributed by atoms with E-state index in [4.69, 9.17) is 0 Å². The van der Waals surface area contributed by atoms with Crippen LogP contribution in [0.5, 0.6) is 0 Å². The smallest absolute Gasteiger partial charge is 0.197 e. The topological polar surface area (TPSA) is 15.3 Å². The number of hydrogen-bond donors (Lipinski definition) is 1. The molecule has 0 unspecified atom stereocenters. The summed E-state index contributed by atoms with van der Waals surface area (Å²) in [4.78, 5) is 2.55. The zero-order valence-corrected chi connectivity index (χ0v) is 32.8. The summed E-state index contributed by atoms with van der Waals surface area (Å²) in [6.07, 6.45) is 0. The Morgan fingerprint density at radius 1 is 0.441 bits per heavy atom. The van der Waals surface area contributed by atoms with Crippen LogP contribution in [0.25, 0.3) is 33.4 Å². The molecule has 0 amide bonds. The fourth-order valence-electron chi connectivity index (χ4n) is 9.64. The summed E-state index contributed by atoms with van der Waals surface area (Å²) in [6.45, 7) is 2.23. The lowest BCUT2D eigenvalue weighted by molar-refractivity contribution is 0.732. The Labute approximate surface area is 347 Å². The first-order chi connectivity index (χ1) is 29.2. The second-order valence-corrected chi connectivity index (χ2v) is 15.7. The van der Waals surface area contributed by atoms with Crippen LogP contribution in [0, 0.1) is 6.92 Å². The van der Waals surface area contributed by atoms with Crippen molar-refractivity contribution in [3.63, 3.8) is 0 Å². The maximum absolute atomic E-state index is 3.89. The van der Waals surface area contributed by atoms with Gasteiger partial charge in [-0.05, 0) is 104 Å². The average molecular weight is 752 g/mol. The molecule has 0 spiro atoms. The van der Waals surface area contributed by atoms with E-state index >= 15 is 0 Å². The lowest BCUT2D eigenvalue weighted by Gasteiger charge is -2.49. The molecule has 11 rings (SSSR count). The first-order valence-electron chi connectivity index (χ1n) is 20.4. The van der Waals surface area contributed by atoms with E-state index in [1.54, 1.807) is 0 Å². The van der Waals surface area contributed by atoms with Crippen molar-refractivity contribution in [3.05, 3.63) is 246 Å². The highest BCUT2D eigenvalue weighted by Gasteiger charge is 2.48. The molecule has 277 valence electrons. The van der Waals surface area contributed by atoms with Crippen molar-refractivity contribution < 1.29 is 0 Å². The largest absolute Gasteiger partial charge is 0.355 e. The van der Waals surface area contributed by atoms with Crippen molar-refractivity contribution >= 4 is 46.6 Å². The molecule has 0 saturated carbocycles. The third kappa shape index (κ3) is 5.73. The van der Waals surface area contributed by atoms with Gasteiger partial charge >= 0.3 is 0 Å². The van der Waals surface area contributed by atoms with Crippen molar-refractivity contribution in [1.29, 1.82) is 0 Å². The Bertz CT molecular complexity index is 2960. The molecule has 2 heterocycles. The molecule has 2 aliphatic heterocycles. The zero-order chi connectivity index (χ0) is 39.3. The molecule has 2 nitrogen and oxygen atoms in total. The van der Waals surface area contributed by atoms with E-state index in [1.807, 2.05) is 0 Å². The molecule has 0 aromatic heterocycles. The second kappa shape index (κ2) is 14.2. The molecule has 0 saturated heterocycles. The van der Waals surface area contributed by atoms with E-state index in [2.05, 4.69) is 243 Å². The van der Waals surface area contributed by atoms with Crippen molar-refractivity contribution in [2.75, 3.05) is 10.2 Å². The molecule has 0 aliphatic carbocycles. The summed E-state index contributed by atoms with van der Waals surface area (Å²) in [5.74, 6) is 0. The van der Waals surface area contributed by atoms with E-state index in [1.165, 1.54) is 83.6 Å². The molecule has 2 aliphatic rings. The maximum atomic E-state index is 3.89. The highest BCUT2D eigenvalue weighted by molar-refractivity contribution is 6.73. The van der Waals surface area contributed by atoms with Gasteiger partial charge in [-0.25, -0.2) is 0 Å². The standard InChI is InChI=1S/C56H40BN2/c1-38-34-47(46-37-42(40-20-8-3-9-21-40)32-33-51(46)58-45-27-16-22-41(36-45)39-18-6-2-7-19-39)54-53(35-38)59-52-31-15-14-28-48(52)56(43-23-10-4-11-24-43,44-25-12-5-13-26-44)49-29-17-30-50(57-54)55(49)59/h2-37,58H,1H3. The Kier molecular flexibility index (Phi) is 8.41. The summed E-state index contributed by atoms with van der Waals surface area (Å²) in [5, 5.41) is 3.89. The van der Waals surface area contributed by atoms with Gasteiger partial charge in [-0.2, -0.15) is 0 Å². The van der Waals surface area contributed by atoms with Gasteiger partial charge in [-0.3, -0.25) is 0 Å². The van der Waals surface area contributed by atoms with Crippen LogP contribution in [-0.2, 0) is 5.41 Å². The first kappa shape index (κ1) is 34.9. The minimum atomic E-state index is -0.519. The van der Waals surface area contributed by atoms with Gasteiger partial charge in [0.15, 0.2) is 7.28 Å². The third-order valence-corrected chi connectivity index (χ3v) is 12.2. The highest BCUT2D eigenvalue weighted by atomic mass is 15.2. The Morgan fingerprint density at radius 2 is 1.02 bits per heavy atom. The van der Waals surface area contributed by atoms with Crippen LogP contribution in [0.15, 0.2) is 218 Å². The monoisotopic (exact) mass is 751 g/mol.